The number of fused-ring (bicyclic) bond motifs is 2. The largest absolute Gasteiger partial charge is 0.505 e. The number of amides is 2. The van der Waals surface area contributed by atoms with Crippen LogP contribution in [-0.2, 0) is 9.59 Å². The van der Waals surface area contributed by atoms with Gasteiger partial charge in [-0.3, -0.25) is 19.6 Å². The summed E-state index contributed by atoms with van der Waals surface area (Å²) in [6.07, 6.45) is 3.24. The monoisotopic (exact) mass is 826 g/mol. The van der Waals surface area contributed by atoms with Crippen molar-refractivity contribution in [1.82, 2.24) is 20.6 Å². The summed E-state index contributed by atoms with van der Waals surface area (Å²) < 4.78 is 11.2. The molecule has 6 N–H and O–H groups in total. The third-order valence-corrected chi connectivity index (χ3v) is 10.0. The maximum atomic E-state index is 12.8. The number of carbonyl (C=O) groups is 2. The van der Waals surface area contributed by atoms with Crippen molar-refractivity contribution in [1.29, 1.82) is 0 Å². The summed E-state index contributed by atoms with van der Waals surface area (Å²) in [5.74, 6) is 0.626. The number of aromatic hydroxyl groups is 2. The zero-order valence-corrected chi connectivity index (χ0v) is 34.2. The molecular weight excluding hydrogens is 781 g/mol. The zero-order chi connectivity index (χ0) is 43.4. The van der Waals surface area contributed by atoms with Crippen LogP contribution in [-0.4, -0.2) is 59.3 Å². The quantitative estimate of drug-likeness (QED) is 0.0565. The number of ether oxygens (including phenoxy) is 2. The van der Waals surface area contributed by atoms with Crippen LogP contribution in [0.2, 0.25) is 0 Å². The van der Waals surface area contributed by atoms with Gasteiger partial charge < -0.3 is 41.0 Å². The van der Waals surface area contributed by atoms with E-state index in [4.69, 9.17) is 15.2 Å². The Hall–Kier alpha value is -8.12. The lowest BCUT2D eigenvalue weighted by Crippen LogP contribution is -2.33. The minimum Gasteiger partial charge on any atom is -0.505 e. The first-order valence-electron chi connectivity index (χ1n) is 19.9. The number of phenolic OH excluding ortho intramolecular Hbond substituents is 2. The third kappa shape index (κ3) is 10.0. The van der Waals surface area contributed by atoms with Gasteiger partial charge in [-0.05, 0) is 71.8 Å². The molecule has 2 atom stereocenters. The number of hydrogen-bond donors (Lipinski definition) is 5. The lowest BCUT2D eigenvalue weighted by Gasteiger charge is -2.24. The normalized spacial score (nSPS) is 11.7. The van der Waals surface area contributed by atoms with E-state index in [2.05, 4.69) is 20.6 Å². The molecule has 0 aliphatic rings. The van der Waals surface area contributed by atoms with Crippen molar-refractivity contribution in [2.75, 3.05) is 37.9 Å². The van der Waals surface area contributed by atoms with Crippen LogP contribution in [0.25, 0.3) is 21.8 Å². The number of aromatic nitrogens is 2. The fourth-order valence-corrected chi connectivity index (χ4v) is 7.03. The lowest BCUT2D eigenvalue weighted by molar-refractivity contribution is -0.124. The van der Waals surface area contributed by atoms with Gasteiger partial charge in [-0.25, -0.2) is 0 Å². The van der Waals surface area contributed by atoms with Crippen molar-refractivity contribution in [2.45, 2.75) is 12.1 Å². The number of para-hydroxylation sites is 2. The minimum absolute atomic E-state index is 0.0158. The molecule has 8 aromatic rings. The highest BCUT2D eigenvalue weighted by Gasteiger charge is 2.25. The summed E-state index contributed by atoms with van der Waals surface area (Å²) in [4.78, 5) is 36.1. The highest BCUT2D eigenvalue weighted by atomic mass is 16.5. The number of nitrogens with zero attached hydrogens (tertiary/aromatic N) is 3. The highest BCUT2D eigenvalue weighted by molar-refractivity contribution is 5.97. The maximum Gasteiger partial charge on any atom is 0.258 e. The van der Waals surface area contributed by atoms with E-state index < -0.39 is 12.1 Å². The van der Waals surface area contributed by atoms with Gasteiger partial charge in [0.15, 0.2) is 13.2 Å². The third-order valence-electron chi connectivity index (χ3n) is 10.0. The Morgan fingerprint density at radius 2 is 0.984 bits per heavy atom. The second kappa shape index (κ2) is 19.8. The first-order valence-corrected chi connectivity index (χ1v) is 19.9. The molecule has 0 saturated carbocycles. The van der Waals surface area contributed by atoms with E-state index in [1.54, 1.807) is 54.9 Å². The Labute approximate surface area is 359 Å². The Kier molecular flexibility index (Phi) is 13.4. The molecule has 0 bridgehead atoms. The summed E-state index contributed by atoms with van der Waals surface area (Å²) in [5, 5.41) is 29.5. The molecule has 0 aliphatic heterocycles. The number of benzene rings is 6. The Balaban J connectivity index is 0.000000187. The van der Waals surface area contributed by atoms with E-state index in [0.717, 1.165) is 22.2 Å². The van der Waals surface area contributed by atoms with Crippen LogP contribution in [0.1, 0.15) is 34.3 Å². The summed E-state index contributed by atoms with van der Waals surface area (Å²) >= 11 is 0. The molecule has 0 radical (unpaired) electrons. The molecule has 6 aromatic carbocycles. The first kappa shape index (κ1) is 42.0. The average Bonchev–Trinajstić information content (AvgIpc) is 3.31. The standard InChI is InChI=1S/C26H25N3O3.C24H21N3O3/c1-29(2)22-16-21(26(31)25-20(22)14-9-15-27-25)24(18-10-5-3-6-11-18)28-23(30)17-32-19-12-7-4-8-13-19;25-20-14-19(24(29)23-18(20)12-7-13-26-23)22(16-8-3-1-4-9-16)27-21(28)15-30-17-10-5-2-6-11-17/h3-16,24,31H,17H2,1-2H3,(H,28,30);1-14,22,29H,15,25H2,(H,27,28). The number of nitrogens with one attached hydrogen (secondary N) is 2. The lowest BCUT2D eigenvalue weighted by atomic mass is 9.95. The molecule has 0 fully saturated rings. The number of nitrogens with two attached hydrogens (primary N) is 1. The SMILES string of the molecule is CN(C)c1cc(C(NC(=O)COc2ccccc2)c2ccccc2)c(O)c2ncccc12.Nc1cc(C(NC(=O)COc2ccccc2)c2ccccc2)c(O)c2ncccc12. The smallest absolute Gasteiger partial charge is 0.258 e. The Morgan fingerprint density at radius 1 is 0.581 bits per heavy atom. The second-order valence-electron chi connectivity index (χ2n) is 14.5. The number of nitrogen functional groups attached to an aromatic ring is 1. The topological polar surface area (TPSA) is 172 Å². The van der Waals surface area contributed by atoms with E-state index in [-0.39, 0.29) is 36.5 Å². The average molecular weight is 827 g/mol. The molecule has 8 rings (SSSR count). The molecule has 0 aliphatic carbocycles. The summed E-state index contributed by atoms with van der Waals surface area (Å²) in [5.41, 5.74) is 11.2. The molecule has 312 valence electrons. The molecule has 62 heavy (non-hydrogen) atoms. The van der Waals surface area contributed by atoms with Crippen LogP contribution in [0, 0.1) is 0 Å². The summed E-state index contributed by atoms with van der Waals surface area (Å²) in [6.45, 7) is -0.296. The number of anilines is 2. The molecule has 2 heterocycles. The van der Waals surface area contributed by atoms with Gasteiger partial charge in [0.25, 0.3) is 11.8 Å². The van der Waals surface area contributed by atoms with E-state index in [9.17, 15) is 19.8 Å². The predicted octanol–water partition coefficient (Wildman–Crippen LogP) is 8.10. The van der Waals surface area contributed by atoms with Gasteiger partial charge in [-0.1, -0.05) is 97.1 Å². The van der Waals surface area contributed by atoms with Gasteiger partial charge in [0.05, 0.1) is 12.1 Å². The fraction of sp³-hybridized carbons (Fsp3) is 0.120. The first-order chi connectivity index (χ1) is 30.2. The van der Waals surface area contributed by atoms with Gasteiger partial charge in [0, 0.05) is 59.8 Å². The van der Waals surface area contributed by atoms with Gasteiger partial charge >= 0.3 is 0 Å². The van der Waals surface area contributed by atoms with Crippen LogP contribution in [0.15, 0.2) is 170 Å². The molecule has 0 spiro atoms. The summed E-state index contributed by atoms with van der Waals surface area (Å²) in [6, 6.07) is 46.9. The van der Waals surface area contributed by atoms with Crippen molar-refractivity contribution >= 4 is 45.0 Å². The van der Waals surface area contributed by atoms with Crippen LogP contribution < -0.4 is 30.7 Å². The molecule has 12 nitrogen and oxygen atoms in total. The van der Waals surface area contributed by atoms with Crippen LogP contribution in [0.4, 0.5) is 11.4 Å². The highest BCUT2D eigenvalue weighted by Crippen LogP contribution is 2.40. The van der Waals surface area contributed by atoms with Gasteiger partial charge in [-0.2, -0.15) is 0 Å². The van der Waals surface area contributed by atoms with Crippen molar-refractivity contribution < 1.29 is 29.3 Å². The Morgan fingerprint density at radius 3 is 1.44 bits per heavy atom. The van der Waals surface area contributed by atoms with Crippen molar-refractivity contribution in [3.8, 4) is 23.0 Å². The molecule has 2 unspecified atom stereocenters. The molecular formula is C50H46N6O6. The molecule has 2 amide bonds. The molecule has 0 saturated heterocycles. The van der Waals surface area contributed by atoms with Crippen molar-refractivity contribution in [3.63, 3.8) is 0 Å². The second-order valence-corrected chi connectivity index (χ2v) is 14.5. The molecule has 12 heteroatoms. The van der Waals surface area contributed by atoms with Crippen molar-refractivity contribution in [3.05, 3.63) is 192 Å². The minimum atomic E-state index is -0.619. The van der Waals surface area contributed by atoms with Crippen LogP contribution >= 0.6 is 0 Å². The zero-order valence-electron chi connectivity index (χ0n) is 34.2. The number of hydrogen-bond acceptors (Lipinski definition) is 10. The van der Waals surface area contributed by atoms with E-state index in [1.807, 2.05) is 134 Å². The Bertz CT molecular complexity index is 2760. The van der Waals surface area contributed by atoms with Crippen molar-refractivity contribution in [2.24, 2.45) is 0 Å². The van der Waals surface area contributed by atoms with Crippen LogP contribution in [0.3, 0.4) is 0 Å². The number of carbonyl (C=O) groups excluding carboxylic acids is 2. The number of rotatable bonds is 13. The predicted molar refractivity (Wildman–Crippen MR) is 242 cm³/mol. The number of phenols is 2. The van der Waals surface area contributed by atoms with E-state index in [0.29, 0.717) is 44.7 Å². The van der Waals surface area contributed by atoms with Gasteiger partial charge in [0.2, 0.25) is 0 Å². The van der Waals surface area contributed by atoms with E-state index >= 15 is 0 Å². The fourth-order valence-electron chi connectivity index (χ4n) is 7.03. The van der Waals surface area contributed by atoms with Crippen LogP contribution in [0.5, 0.6) is 23.0 Å². The summed E-state index contributed by atoms with van der Waals surface area (Å²) in [7, 11) is 3.87. The maximum absolute atomic E-state index is 12.8. The number of pyridine rings is 2. The van der Waals surface area contributed by atoms with Gasteiger partial charge in [-0.15, -0.1) is 0 Å². The molecule has 2 aromatic heterocycles. The van der Waals surface area contributed by atoms with Gasteiger partial charge in [0.1, 0.15) is 34.0 Å². The van der Waals surface area contributed by atoms with E-state index in [1.165, 1.54) is 0 Å².